The molecule has 0 aromatic heterocycles. The largest absolute Gasteiger partial charge is 0.370 e. The molecule has 314 valence electrons. The minimum absolute atomic E-state index is 0.0145. The molecule has 4 amide bonds. The van der Waals surface area contributed by atoms with Crippen molar-refractivity contribution in [3.05, 3.63) is 71.8 Å². The smallest absolute Gasteiger partial charge is 0.224 e. The molecule has 0 saturated carbocycles. The van der Waals surface area contributed by atoms with E-state index in [4.69, 9.17) is 11.5 Å². The Morgan fingerprint density at radius 3 is 1.47 bits per heavy atom. The number of Topliss-reactive ketones (excluding diaryl/α,β-unsaturated/α-hetero) is 5. The first-order valence-corrected chi connectivity index (χ1v) is 22.1. The summed E-state index contributed by atoms with van der Waals surface area (Å²) in [6.45, 7) is -1.42. The van der Waals surface area contributed by atoms with Gasteiger partial charge >= 0.3 is 0 Å². The maximum Gasteiger partial charge on any atom is 0.224 e. The molecule has 3 atom stereocenters. The van der Waals surface area contributed by atoms with Gasteiger partial charge in [-0.3, -0.25) is 43.2 Å². The summed E-state index contributed by atoms with van der Waals surface area (Å²) in [6.07, 6.45) is 1.11. The van der Waals surface area contributed by atoms with E-state index in [-0.39, 0.29) is 94.1 Å². The van der Waals surface area contributed by atoms with Crippen molar-refractivity contribution in [2.24, 2.45) is 35.1 Å². The van der Waals surface area contributed by atoms with Gasteiger partial charge in [0.05, 0.1) is 26.2 Å². The lowest BCUT2D eigenvalue weighted by molar-refractivity contribution is -0.133. The van der Waals surface area contributed by atoms with Crippen molar-refractivity contribution < 1.29 is 43.2 Å². The van der Waals surface area contributed by atoms with E-state index in [1.807, 2.05) is 24.3 Å². The molecular formula is C42H55N5O9S2. The first-order chi connectivity index (χ1) is 27.8. The lowest BCUT2D eigenvalue weighted by Gasteiger charge is -2.19. The van der Waals surface area contributed by atoms with E-state index in [0.717, 1.165) is 35.5 Å². The molecule has 16 heteroatoms. The van der Waals surface area contributed by atoms with Gasteiger partial charge in [-0.1, -0.05) is 82.3 Å². The molecule has 1 saturated heterocycles. The van der Waals surface area contributed by atoms with Crippen LogP contribution in [-0.4, -0.2) is 90.2 Å². The van der Waals surface area contributed by atoms with Crippen LogP contribution in [-0.2, 0) is 56.0 Å². The number of carbonyl (C=O) groups is 9. The third-order valence-corrected chi connectivity index (χ3v) is 12.3. The molecule has 2 aromatic carbocycles. The van der Waals surface area contributed by atoms with Crippen LogP contribution in [0.1, 0.15) is 68.9 Å². The second kappa shape index (κ2) is 26.4. The monoisotopic (exact) mass is 837 g/mol. The van der Waals surface area contributed by atoms with E-state index >= 15 is 0 Å². The van der Waals surface area contributed by atoms with Crippen LogP contribution in [0.2, 0.25) is 0 Å². The molecule has 0 spiro atoms. The Hall–Kier alpha value is -4.67. The molecule has 1 fully saturated rings. The fourth-order valence-electron chi connectivity index (χ4n) is 6.52. The SMILES string of the molecule is NCC(=O)C[C@@H](Cc1ccccc1)C(=O)NCC(=O)C[C@@H](CCC(N)=O)C(=O)NCC(=O)C[C@@H](Cc1ccccc1)C(=O)NCC(=O)CCC(=O)C1CCSSCC1. The topological polar surface area (TPSA) is 242 Å². The van der Waals surface area contributed by atoms with Crippen LogP contribution in [0.5, 0.6) is 0 Å². The molecule has 7 N–H and O–H groups in total. The molecule has 1 aliphatic heterocycles. The van der Waals surface area contributed by atoms with Gasteiger partial charge in [-0.2, -0.15) is 0 Å². The van der Waals surface area contributed by atoms with Crippen molar-refractivity contribution in [3.8, 4) is 0 Å². The van der Waals surface area contributed by atoms with Gasteiger partial charge in [0.25, 0.3) is 0 Å². The summed E-state index contributed by atoms with van der Waals surface area (Å²) in [5.41, 5.74) is 12.4. The lowest BCUT2D eigenvalue weighted by Crippen LogP contribution is -2.41. The summed E-state index contributed by atoms with van der Waals surface area (Å²) in [5, 5.41) is 7.70. The summed E-state index contributed by atoms with van der Waals surface area (Å²) >= 11 is 0. The predicted octanol–water partition coefficient (Wildman–Crippen LogP) is 2.48. The van der Waals surface area contributed by atoms with E-state index in [0.29, 0.717) is 0 Å². The van der Waals surface area contributed by atoms with Gasteiger partial charge in [-0.05, 0) is 43.2 Å². The summed E-state index contributed by atoms with van der Waals surface area (Å²) in [4.78, 5) is 115. The van der Waals surface area contributed by atoms with Crippen molar-refractivity contribution in [2.45, 2.75) is 70.6 Å². The normalized spacial score (nSPS) is 14.5. The summed E-state index contributed by atoms with van der Waals surface area (Å²) in [6, 6.07) is 18.1. The Morgan fingerprint density at radius 2 is 1.00 bits per heavy atom. The van der Waals surface area contributed by atoms with Crippen LogP contribution in [0.25, 0.3) is 0 Å². The van der Waals surface area contributed by atoms with Crippen LogP contribution in [0.4, 0.5) is 0 Å². The number of nitrogens with two attached hydrogens (primary N) is 2. The first kappa shape index (κ1) is 47.7. The van der Waals surface area contributed by atoms with Gasteiger partial charge in [-0.15, -0.1) is 0 Å². The van der Waals surface area contributed by atoms with E-state index in [1.165, 1.54) is 0 Å². The number of primary amides is 1. The zero-order valence-corrected chi connectivity index (χ0v) is 34.4. The number of rotatable bonds is 27. The third-order valence-electron chi connectivity index (χ3n) is 9.82. The Morgan fingerprint density at radius 1 is 0.569 bits per heavy atom. The van der Waals surface area contributed by atoms with Crippen LogP contribution in [0.15, 0.2) is 60.7 Å². The number of hydrogen-bond donors (Lipinski definition) is 5. The standard InChI is InChI=1S/C42H55N5O9S2/c43-24-35(49)22-32(19-28-7-3-1-4-8-28)41(55)47-26-36(50)21-31(11-14-39(44)53)40(54)46-27-37(51)23-33(20-29-9-5-2-6-10-29)42(56)45-25-34(48)12-13-38(52)30-15-17-57-58-18-16-30/h1-10,30-33H,11-27,43H2,(H2,44,53)(H,45,56)(H,46,54)(H,47,55)/t31-,32-,33-/m1/s1. The van der Waals surface area contributed by atoms with Gasteiger partial charge in [0, 0.05) is 73.7 Å². The number of carbonyl (C=O) groups excluding carboxylic acids is 9. The highest BCUT2D eigenvalue weighted by atomic mass is 33.1. The van der Waals surface area contributed by atoms with Crippen molar-refractivity contribution in [1.29, 1.82) is 0 Å². The van der Waals surface area contributed by atoms with Crippen LogP contribution in [0.3, 0.4) is 0 Å². The van der Waals surface area contributed by atoms with E-state index in [1.54, 1.807) is 58.0 Å². The molecule has 3 rings (SSSR count). The molecule has 0 radical (unpaired) electrons. The third kappa shape index (κ3) is 18.7. The van der Waals surface area contributed by atoms with Gasteiger partial charge < -0.3 is 27.4 Å². The van der Waals surface area contributed by atoms with E-state index < -0.39 is 66.0 Å². The van der Waals surface area contributed by atoms with Gasteiger partial charge in [0.2, 0.25) is 23.6 Å². The summed E-state index contributed by atoms with van der Waals surface area (Å²) in [7, 11) is 3.50. The highest BCUT2D eigenvalue weighted by molar-refractivity contribution is 8.76. The van der Waals surface area contributed by atoms with Crippen molar-refractivity contribution in [2.75, 3.05) is 37.7 Å². The zero-order chi connectivity index (χ0) is 42.3. The number of hydrogen-bond acceptors (Lipinski definition) is 12. The molecule has 1 heterocycles. The molecule has 0 unspecified atom stereocenters. The number of ketones is 5. The van der Waals surface area contributed by atoms with Gasteiger partial charge in [0.1, 0.15) is 11.6 Å². The number of amides is 4. The maximum atomic E-state index is 13.3. The van der Waals surface area contributed by atoms with Crippen molar-refractivity contribution >= 4 is 74.1 Å². The lowest BCUT2D eigenvalue weighted by atomic mass is 9.92. The summed E-state index contributed by atoms with van der Waals surface area (Å²) < 4.78 is 0. The molecule has 0 aliphatic carbocycles. The highest BCUT2D eigenvalue weighted by Gasteiger charge is 2.28. The first-order valence-electron chi connectivity index (χ1n) is 19.6. The molecular weight excluding hydrogens is 783 g/mol. The van der Waals surface area contributed by atoms with Crippen LogP contribution >= 0.6 is 21.6 Å². The Balaban J connectivity index is 1.55. The fraction of sp³-hybridized carbons (Fsp3) is 0.500. The highest BCUT2D eigenvalue weighted by Crippen LogP contribution is 2.32. The average molecular weight is 838 g/mol. The maximum absolute atomic E-state index is 13.3. The molecule has 2 aromatic rings. The van der Waals surface area contributed by atoms with E-state index in [2.05, 4.69) is 16.0 Å². The van der Waals surface area contributed by atoms with E-state index in [9.17, 15) is 43.2 Å². The average Bonchev–Trinajstić information content (AvgIpc) is 3.52. The Labute approximate surface area is 347 Å². The zero-order valence-electron chi connectivity index (χ0n) is 32.7. The summed E-state index contributed by atoms with van der Waals surface area (Å²) in [5.74, 6) is -4.93. The van der Waals surface area contributed by atoms with Crippen LogP contribution < -0.4 is 27.4 Å². The second-order valence-electron chi connectivity index (χ2n) is 14.5. The quantitative estimate of drug-likeness (QED) is 0.0816. The van der Waals surface area contributed by atoms with Crippen molar-refractivity contribution in [1.82, 2.24) is 16.0 Å². The Kier molecular flexibility index (Phi) is 21.7. The predicted molar refractivity (Wildman–Crippen MR) is 223 cm³/mol. The van der Waals surface area contributed by atoms with Gasteiger partial charge in [0.15, 0.2) is 17.3 Å². The molecule has 0 bridgehead atoms. The Bertz CT molecular complexity index is 1720. The number of nitrogens with one attached hydrogen (secondary N) is 3. The second-order valence-corrected chi connectivity index (χ2v) is 17.2. The van der Waals surface area contributed by atoms with Gasteiger partial charge in [-0.25, -0.2) is 0 Å². The minimum Gasteiger partial charge on any atom is -0.370 e. The number of benzene rings is 2. The molecule has 14 nitrogen and oxygen atoms in total. The minimum atomic E-state index is -1.05. The van der Waals surface area contributed by atoms with Crippen LogP contribution in [0, 0.1) is 23.7 Å². The van der Waals surface area contributed by atoms with Crippen molar-refractivity contribution in [3.63, 3.8) is 0 Å². The fourth-order valence-corrected chi connectivity index (χ4v) is 8.80. The molecule has 1 aliphatic rings. The molecule has 58 heavy (non-hydrogen) atoms.